The van der Waals surface area contributed by atoms with E-state index in [1.807, 2.05) is 30.0 Å². The fourth-order valence-electron chi connectivity index (χ4n) is 3.45. The largest absolute Gasteiger partial charge is 0.353 e. The molecule has 2 unspecified atom stereocenters. The molecule has 2 atom stereocenters. The van der Waals surface area contributed by atoms with Crippen molar-refractivity contribution in [2.45, 2.75) is 38.6 Å². The zero-order chi connectivity index (χ0) is 14.8. The van der Waals surface area contributed by atoms with Crippen LogP contribution in [-0.4, -0.2) is 35.8 Å². The summed E-state index contributed by atoms with van der Waals surface area (Å²) < 4.78 is 0. The number of hydrogen-bond acceptors (Lipinski definition) is 2. The molecule has 2 fully saturated rings. The zero-order valence-electron chi connectivity index (χ0n) is 12.5. The second kappa shape index (κ2) is 5.88. The summed E-state index contributed by atoms with van der Waals surface area (Å²) in [6, 6.07) is 8.41. The van der Waals surface area contributed by atoms with Gasteiger partial charge in [-0.25, -0.2) is 0 Å². The van der Waals surface area contributed by atoms with Crippen molar-refractivity contribution in [3.05, 3.63) is 35.4 Å². The van der Waals surface area contributed by atoms with Crippen LogP contribution in [0.3, 0.4) is 0 Å². The molecule has 1 N–H and O–H groups in total. The van der Waals surface area contributed by atoms with Gasteiger partial charge in [0.15, 0.2) is 0 Å². The molecule has 2 heterocycles. The molecule has 3 rings (SSSR count). The van der Waals surface area contributed by atoms with Crippen molar-refractivity contribution in [2.24, 2.45) is 5.92 Å². The van der Waals surface area contributed by atoms with E-state index in [0.29, 0.717) is 18.8 Å². The molecular weight excluding hydrogens is 264 g/mol. The van der Waals surface area contributed by atoms with Crippen LogP contribution in [0.1, 0.15) is 30.4 Å². The van der Waals surface area contributed by atoms with Gasteiger partial charge in [0, 0.05) is 25.6 Å². The Kier molecular flexibility index (Phi) is 3.95. The first-order chi connectivity index (χ1) is 10.1. The quantitative estimate of drug-likeness (QED) is 0.899. The molecule has 0 aliphatic carbocycles. The predicted molar refractivity (Wildman–Crippen MR) is 80.7 cm³/mol. The Balaban J connectivity index is 1.60. The number of aryl methyl sites for hydroxylation is 1. The summed E-state index contributed by atoms with van der Waals surface area (Å²) in [7, 11) is 0. The maximum absolute atomic E-state index is 12.5. The smallest absolute Gasteiger partial charge is 0.227 e. The van der Waals surface area contributed by atoms with Crippen molar-refractivity contribution in [3.63, 3.8) is 0 Å². The van der Waals surface area contributed by atoms with E-state index in [-0.39, 0.29) is 17.9 Å². The number of nitrogens with zero attached hydrogens (tertiary/aromatic N) is 1. The number of amides is 2. The first kappa shape index (κ1) is 14.1. The van der Waals surface area contributed by atoms with Gasteiger partial charge in [0.2, 0.25) is 11.8 Å². The van der Waals surface area contributed by atoms with Crippen molar-refractivity contribution in [1.29, 1.82) is 0 Å². The Morgan fingerprint density at radius 1 is 1.38 bits per heavy atom. The van der Waals surface area contributed by atoms with Crippen molar-refractivity contribution in [2.75, 3.05) is 13.1 Å². The average Bonchev–Trinajstić information content (AvgIpc) is 2.46. The Hall–Kier alpha value is -1.84. The van der Waals surface area contributed by atoms with Crippen LogP contribution in [0.25, 0.3) is 0 Å². The molecule has 1 aromatic carbocycles. The summed E-state index contributed by atoms with van der Waals surface area (Å²) in [6.07, 6.45) is 2.87. The van der Waals surface area contributed by atoms with E-state index in [1.165, 1.54) is 5.56 Å². The molecule has 2 saturated heterocycles. The maximum atomic E-state index is 12.5. The highest BCUT2D eigenvalue weighted by Crippen LogP contribution is 2.25. The van der Waals surface area contributed by atoms with Crippen LogP contribution in [0.4, 0.5) is 0 Å². The Labute approximate surface area is 125 Å². The average molecular weight is 286 g/mol. The molecular formula is C17H22N2O2. The number of fused-ring (bicyclic) bond motifs is 1. The van der Waals surface area contributed by atoms with Crippen molar-refractivity contribution in [3.8, 4) is 0 Å². The van der Waals surface area contributed by atoms with E-state index in [4.69, 9.17) is 0 Å². The molecule has 0 saturated carbocycles. The molecule has 112 valence electrons. The van der Waals surface area contributed by atoms with Gasteiger partial charge in [0.1, 0.15) is 0 Å². The lowest BCUT2D eigenvalue weighted by molar-refractivity contribution is -0.134. The van der Waals surface area contributed by atoms with E-state index >= 15 is 0 Å². The van der Waals surface area contributed by atoms with Crippen LogP contribution >= 0.6 is 0 Å². The van der Waals surface area contributed by atoms with Gasteiger partial charge in [-0.2, -0.15) is 0 Å². The molecule has 0 aromatic heterocycles. The number of piperidine rings is 2. The summed E-state index contributed by atoms with van der Waals surface area (Å²) in [5.74, 6) is 0.796. The predicted octanol–water partition coefficient (Wildman–Crippen LogP) is 1.66. The third-order valence-electron chi connectivity index (χ3n) is 4.61. The second-order valence-corrected chi connectivity index (χ2v) is 6.27. The number of carbonyl (C=O) groups excluding carboxylic acids is 2. The molecule has 4 nitrogen and oxygen atoms in total. The monoisotopic (exact) mass is 286 g/mol. The molecule has 0 spiro atoms. The minimum absolute atomic E-state index is 0.163. The van der Waals surface area contributed by atoms with Gasteiger partial charge in [-0.05, 0) is 31.2 Å². The number of nitrogens with one attached hydrogen (secondary N) is 1. The lowest BCUT2D eigenvalue weighted by atomic mass is 9.85. The number of benzene rings is 1. The number of likely N-dealkylation sites (tertiary alicyclic amines) is 1. The van der Waals surface area contributed by atoms with Crippen molar-refractivity contribution >= 4 is 11.8 Å². The van der Waals surface area contributed by atoms with Crippen LogP contribution in [-0.2, 0) is 16.0 Å². The van der Waals surface area contributed by atoms with Gasteiger partial charge < -0.3 is 10.2 Å². The SMILES string of the molecule is Cc1cccc(CC(=O)N2CCC3NC(=O)CCC3C2)c1. The van der Waals surface area contributed by atoms with Crippen LogP contribution < -0.4 is 5.32 Å². The number of carbonyl (C=O) groups is 2. The third kappa shape index (κ3) is 3.26. The zero-order valence-corrected chi connectivity index (χ0v) is 12.5. The van der Waals surface area contributed by atoms with E-state index in [1.54, 1.807) is 0 Å². The number of rotatable bonds is 2. The minimum Gasteiger partial charge on any atom is -0.353 e. The van der Waals surface area contributed by atoms with Gasteiger partial charge in [0.05, 0.1) is 6.42 Å². The van der Waals surface area contributed by atoms with E-state index in [2.05, 4.69) is 11.4 Å². The molecule has 2 aliphatic rings. The minimum atomic E-state index is 0.163. The normalized spacial score (nSPS) is 25.2. The summed E-state index contributed by atoms with van der Waals surface area (Å²) in [6.45, 7) is 3.59. The molecule has 0 radical (unpaired) electrons. The fraction of sp³-hybridized carbons (Fsp3) is 0.529. The highest BCUT2D eigenvalue weighted by atomic mass is 16.2. The maximum Gasteiger partial charge on any atom is 0.227 e. The highest BCUT2D eigenvalue weighted by molar-refractivity contribution is 5.79. The number of hydrogen-bond donors (Lipinski definition) is 1. The lowest BCUT2D eigenvalue weighted by Crippen LogP contribution is -2.55. The second-order valence-electron chi connectivity index (χ2n) is 6.27. The van der Waals surface area contributed by atoms with Crippen LogP contribution in [0.5, 0.6) is 0 Å². The van der Waals surface area contributed by atoms with Gasteiger partial charge in [-0.3, -0.25) is 9.59 Å². The summed E-state index contributed by atoms with van der Waals surface area (Å²) in [5.41, 5.74) is 2.27. The molecule has 0 bridgehead atoms. The van der Waals surface area contributed by atoms with Gasteiger partial charge in [0.25, 0.3) is 0 Å². The lowest BCUT2D eigenvalue weighted by Gasteiger charge is -2.41. The Bertz CT molecular complexity index is 555. The molecule has 21 heavy (non-hydrogen) atoms. The van der Waals surface area contributed by atoms with Gasteiger partial charge in [-0.1, -0.05) is 29.8 Å². The first-order valence-corrected chi connectivity index (χ1v) is 7.74. The molecule has 4 heteroatoms. The summed E-state index contributed by atoms with van der Waals surface area (Å²) in [4.78, 5) is 25.8. The van der Waals surface area contributed by atoms with Crippen LogP contribution in [0.2, 0.25) is 0 Å². The van der Waals surface area contributed by atoms with Crippen LogP contribution in [0.15, 0.2) is 24.3 Å². The Morgan fingerprint density at radius 2 is 2.24 bits per heavy atom. The first-order valence-electron chi connectivity index (χ1n) is 7.74. The van der Waals surface area contributed by atoms with Gasteiger partial charge in [-0.15, -0.1) is 0 Å². The highest BCUT2D eigenvalue weighted by Gasteiger charge is 2.35. The van der Waals surface area contributed by atoms with E-state index in [0.717, 1.165) is 31.5 Å². The molecule has 2 amide bonds. The summed E-state index contributed by atoms with van der Waals surface area (Å²) in [5, 5.41) is 3.06. The van der Waals surface area contributed by atoms with Crippen molar-refractivity contribution < 1.29 is 9.59 Å². The molecule has 1 aromatic rings. The van der Waals surface area contributed by atoms with Crippen LogP contribution in [0, 0.1) is 12.8 Å². The van der Waals surface area contributed by atoms with E-state index < -0.39 is 0 Å². The Morgan fingerprint density at radius 3 is 3.05 bits per heavy atom. The third-order valence-corrected chi connectivity index (χ3v) is 4.61. The standard InChI is InChI=1S/C17H22N2O2/c1-12-3-2-4-13(9-12)10-17(21)19-8-7-15-14(11-19)5-6-16(20)18-15/h2-4,9,14-15H,5-8,10-11H2,1H3,(H,18,20). The topological polar surface area (TPSA) is 49.4 Å². The molecule has 2 aliphatic heterocycles. The van der Waals surface area contributed by atoms with Crippen molar-refractivity contribution in [1.82, 2.24) is 10.2 Å². The van der Waals surface area contributed by atoms with Gasteiger partial charge >= 0.3 is 0 Å². The fourth-order valence-corrected chi connectivity index (χ4v) is 3.45. The van der Waals surface area contributed by atoms with E-state index in [9.17, 15) is 9.59 Å². The summed E-state index contributed by atoms with van der Waals surface area (Å²) >= 11 is 0.